The number of amides is 2. The summed E-state index contributed by atoms with van der Waals surface area (Å²) in [6, 6.07) is 12.8. The Morgan fingerprint density at radius 1 is 1.22 bits per heavy atom. The molecule has 0 saturated carbocycles. The molecule has 7 heteroatoms. The zero-order valence-electron chi connectivity index (χ0n) is 12.3. The summed E-state index contributed by atoms with van der Waals surface area (Å²) in [5, 5.41) is 8.96. The van der Waals surface area contributed by atoms with Gasteiger partial charge >= 0.3 is 6.03 Å². The Morgan fingerprint density at radius 3 is 2.70 bits per heavy atom. The summed E-state index contributed by atoms with van der Waals surface area (Å²) in [5.41, 5.74) is 0.974. The maximum Gasteiger partial charge on any atom is 0.320 e. The summed E-state index contributed by atoms with van der Waals surface area (Å²) in [5.74, 6) is 2.41. The molecule has 0 fully saturated rings. The van der Waals surface area contributed by atoms with E-state index in [2.05, 4.69) is 31.7 Å². The van der Waals surface area contributed by atoms with Crippen molar-refractivity contribution >= 4 is 27.8 Å². The highest BCUT2D eigenvalue weighted by Crippen LogP contribution is 2.23. The lowest BCUT2D eigenvalue weighted by Crippen LogP contribution is -2.28. The van der Waals surface area contributed by atoms with E-state index in [1.807, 2.05) is 36.4 Å². The predicted molar refractivity (Wildman–Crippen MR) is 88.9 cm³/mol. The highest BCUT2D eigenvalue weighted by atomic mass is 79.9. The van der Waals surface area contributed by atoms with E-state index in [9.17, 15) is 4.79 Å². The van der Waals surface area contributed by atoms with Crippen LogP contribution >= 0.6 is 15.9 Å². The van der Waals surface area contributed by atoms with E-state index in [0.29, 0.717) is 17.3 Å². The molecule has 3 rings (SSSR count). The number of benzene rings is 1. The first kappa shape index (κ1) is 15.4. The fraction of sp³-hybridized carbons (Fsp3) is 0.125. The Kier molecular flexibility index (Phi) is 4.47. The van der Waals surface area contributed by atoms with Crippen molar-refractivity contribution in [3.05, 3.63) is 58.5 Å². The average molecular weight is 376 g/mol. The standard InChI is InChI=1S/C16H14BrN3O3/c1-10-8-15(20-23-10)19-16(21)18-9-13-6-7-14(22-13)11-2-4-12(17)5-3-11/h2-8H,9H2,1H3,(H2,18,19,20,21). The summed E-state index contributed by atoms with van der Waals surface area (Å²) >= 11 is 3.40. The normalized spacial score (nSPS) is 10.5. The van der Waals surface area contributed by atoms with Gasteiger partial charge in [-0.15, -0.1) is 0 Å². The molecule has 0 spiro atoms. The van der Waals surface area contributed by atoms with Gasteiger partial charge in [-0.2, -0.15) is 0 Å². The number of urea groups is 1. The molecule has 3 aromatic rings. The van der Waals surface area contributed by atoms with Crippen LogP contribution in [0.3, 0.4) is 0 Å². The van der Waals surface area contributed by atoms with Crippen LogP contribution in [0, 0.1) is 6.92 Å². The molecule has 2 heterocycles. The van der Waals surface area contributed by atoms with Gasteiger partial charge in [0.05, 0.1) is 6.54 Å². The van der Waals surface area contributed by atoms with Gasteiger partial charge in [0.25, 0.3) is 0 Å². The Balaban J connectivity index is 1.56. The van der Waals surface area contributed by atoms with Gasteiger partial charge in [-0.3, -0.25) is 5.32 Å². The molecule has 118 valence electrons. The smallest absolute Gasteiger partial charge is 0.320 e. The Morgan fingerprint density at radius 2 is 2.00 bits per heavy atom. The number of hydrogen-bond acceptors (Lipinski definition) is 4. The van der Waals surface area contributed by atoms with E-state index in [-0.39, 0.29) is 12.6 Å². The predicted octanol–water partition coefficient (Wildman–Crippen LogP) is 4.33. The number of halogens is 1. The molecule has 0 aliphatic heterocycles. The second kappa shape index (κ2) is 6.70. The van der Waals surface area contributed by atoms with Crippen LogP contribution in [0.4, 0.5) is 10.6 Å². The number of rotatable bonds is 4. The molecule has 0 bridgehead atoms. The third-order valence-corrected chi connectivity index (χ3v) is 3.61. The van der Waals surface area contributed by atoms with E-state index in [1.165, 1.54) is 0 Å². The SMILES string of the molecule is Cc1cc(NC(=O)NCc2ccc(-c3ccc(Br)cc3)o2)no1. The highest BCUT2D eigenvalue weighted by Gasteiger charge is 2.08. The van der Waals surface area contributed by atoms with Gasteiger partial charge in [0, 0.05) is 16.1 Å². The zero-order valence-corrected chi connectivity index (χ0v) is 13.9. The Labute approximate surface area is 141 Å². The van der Waals surface area contributed by atoms with Crippen molar-refractivity contribution in [2.75, 3.05) is 5.32 Å². The van der Waals surface area contributed by atoms with Crippen LogP contribution in [0.15, 0.2) is 55.9 Å². The molecular formula is C16H14BrN3O3. The van der Waals surface area contributed by atoms with Gasteiger partial charge in [0.1, 0.15) is 17.3 Å². The van der Waals surface area contributed by atoms with Crippen LogP contribution in [0.5, 0.6) is 0 Å². The Hall–Kier alpha value is -2.54. The van der Waals surface area contributed by atoms with Gasteiger partial charge in [0.2, 0.25) is 0 Å². The average Bonchev–Trinajstić information content (AvgIpc) is 3.15. The lowest BCUT2D eigenvalue weighted by Gasteiger charge is -2.03. The van der Waals surface area contributed by atoms with Crippen molar-refractivity contribution in [2.45, 2.75) is 13.5 Å². The van der Waals surface area contributed by atoms with Gasteiger partial charge in [-0.25, -0.2) is 4.79 Å². The van der Waals surface area contributed by atoms with Crippen molar-refractivity contribution in [3.63, 3.8) is 0 Å². The van der Waals surface area contributed by atoms with Crippen LogP contribution < -0.4 is 10.6 Å². The first-order valence-electron chi connectivity index (χ1n) is 6.93. The van der Waals surface area contributed by atoms with Crippen molar-refractivity contribution in [1.82, 2.24) is 10.5 Å². The number of nitrogens with zero attached hydrogens (tertiary/aromatic N) is 1. The lowest BCUT2D eigenvalue weighted by atomic mass is 10.2. The number of carbonyl (C=O) groups excluding carboxylic acids is 1. The second-order valence-electron chi connectivity index (χ2n) is 4.90. The second-order valence-corrected chi connectivity index (χ2v) is 5.82. The van der Waals surface area contributed by atoms with Crippen molar-refractivity contribution in [3.8, 4) is 11.3 Å². The summed E-state index contributed by atoms with van der Waals surface area (Å²) in [6.45, 7) is 2.03. The van der Waals surface area contributed by atoms with Crippen molar-refractivity contribution < 1.29 is 13.7 Å². The number of furan rings is 1. The van der Waals surface area contributed by atoms with Gasteiger partial charge in [0.15, 0.2) is 5.82 Å². The van der Waals surface area contributed by atoms with E-state index < -0.39 is 0 Å². The van der Waals surface area contributed by atoms with Crippen LogP contribution in [-0.4, -0.2) is 11.2 Å². The zero-order chi connectivity index (χ0) is 16.2. The van der Waals surface area contributed by atoms with Crippen LogP contribution in [-0.2, 0) is 6.54 Å². The number of nitrogens with one attached hydrogen (secondary N) is 2. The molecule has 0 unspecified atom stereocenters. The van der Waals surface area contributed by atoms with E-state index in [1.54, 1.807) is 13.0 Å². The summed E-state index contributed by atoms with van der Waals surface area (Å²) in [7, 11) is 0. The van der Waals surface area contributed by atoms with Crippen molar-refractivity contribution in [1.29, 1.82) is 0 Å². The molecule has 23 heavy (non-hydrogen) atoms. The molecule has 0 atom stereocenters. The number of hydrogen-bond donors (Lipinski definition) is 2. The van der Waals surface area contributed by atoms with E-state index >= 15 is 0 Å². The topological polar surface area (TPSA) is 80.3 Å². The van der Waals surface area contributed by atoms with E-state index in [4.69, 9.17) is 8.94 Å². The van der Waals surface area contributed by atoms with E-state index in [0.717, 1.165) is 15.8 Å². The van der Waals surface area contributed by atoms with Gasteiger partial charge in [-0.05, 0) is 31.2 Å². The molecule has 2 N–H and O–H groups in total. The van der Waals surface area contributed by atoms with Crippen LogP contribution in [0.1, 0.15) is 11.5 Å². The fourth-order valence-corrected chi connectivity index (χ4v) is 2.26. The van der Waals surface area contributed by atoms with Crippen LogP contribution in [0.25, 0.3) is 11.3 Å². The Bertz CT molecular complexity index is 808. The molecule has 0 aliphatic rings. The molecule has 0 radical (unpaired) electrons. The number of anilines is 1. The minimum atomic E-state index is -0.375. The maximum absolute atomic E-state index is 11.8. The van der Waals surface area contributed by atoms with Gasteiger partial charge < -0.3 is 14.3 Å². The monoisotopic (exact) mass is 375 g/mol. The number of aryl methyl sites for hydroxylation is 1. The third-order valence-electron chi connectivity index (χ3n) is 3.08. The molecule has 1 aromatic carbocycles. The molecule has 0 saturated heterocycles. The third kappa shape index (κ3) is 4.01. The molecule has 6 nitrogen and oxygen atoms in total. The highest BCUT2D eigenvalue weighted by molar-refractivity contribution is 9.10. The summed E-state index contributed by atoms with van der Waals surface area (Å²) in [6.07, 6.45) is 0. The molecule has 0 aliphatic carbocycles. The number of carbonyl (C=O) groups is 1. The minimum absolute atomic E-state index is 0.277. The summed E-state index contributed by atoms with van der Waals surface area (Å²) < 4.78 is 11.6. The first-order chi connectivity index (χ1) is 11.1. The lowest BCUT2D eigenvalue weighted by molar-refractivity contribution is 0.250. The van der Waals surface area contributed by atoms with Crippen LogP contribution in [0.2, 0.25) is 0 Å². The maximum atomic E-state index is 11.8. The number of aromatic nitrogens is 1. The van der Waals surface area contributed by atoms with Crippen molar-refractivity contribution in [2.24, 2.45) is 0 Å². The first-order valence-corrected chi connectivity index (χ1v) is 7.72. The summed E-state index contributed by atoms with van der Waals surface area (Å²) in [4.78, 5) is 11.8. The molecule has 2 amide bonds. The minimum Gasteiger partial charge on any atom is -0.459 e. The quantitative estimate of drug-likeness (QED) is 0.711. The fourth-order valence-electron chi connectivity index (χ4n) is 2.00. The molecule has 2 aromatic heterocycles. The molecular weight excluding hydrogens is 362 g/mol. The van der Waals surface area contributed by atoms with Gasteiger partial charge in [-0.1, -0.05) is 33.2 Å². The largest absolute Gasteiger partial charge is 0.459 e.